The van der Waals surface area contributed by atoms with Crippen LogP contribution in [0.3, 0.4) is 0 Å². The zero-order valence-corrected chi connectivity index (χ0v) is 13.0. The Labute approximate surface area is 125 Å². The van der Waals surface area contributed by atoms with Crippen LogP contribution in [0.4, 0.5) is 11.4 Å². The third kappa shape index (κ3) is 4.82. The lowest BCUT2D eigenvalue weighted by molar-refractivity contribution is -0.384. The molecule has 2 atom stereocenters. The van der Waals surface area contributed by atoms with Crippen molar-refractivity contribution in [3.05, 3.63) is 33.9 Å². The number of nitro groups is 1. The molecule has 0 heterocycles. The molecule has 0 radical (unpaired) electrons. The molecule has 1 aromatic carbocycles. The van der Waals surface area contributed by atoms with Gasteiger partial charge < -0.3 is 10.6 Å². The number of carbonyl (C=O) groups is 1. The van der Waals surface area contributed by atoms with Crippen molar-refractivity contribution in [3.63, 3.8) is 0 Å². The van der Waals surface area contributed by atoms with Crippen LogP contribution < -0.4 is 10.6 Å². The highest BCUT2D eigenvalue weighted by molar-refractivity contribution is 7.84. The van der Waals surface area contributed by atoms with Gasteiger partial charge in [-0.25, -0.2) is 0 Å². The van der Waals surface area contributed by atoms with E-state index in [1.54, 1.807) is 13.3 Å². The van der Waals surface area contributed by atoms with E-state index < -0.39 is 21.6 Å². The molecule has 2 unspecified atom stereocenters. The molecule has 21 heavy (non-hydrogen) atoms. The minimum absolute atomic E-state index is 0.0146. The highest BCUT2D eigenvalue weighted by atomic mass is 32.2. The van der Waals surface area contributed by atoms with Crippen LogP contribution in [0.2, 0.25) is 0 Å². The van der Waals surface area contributed by atoms with E-state index in [9.17, 15) is 19.1 Å². The minimum Gasteiger partial charge on any atom is -0.387 e. The summed E-state index contributed by atoms with van der Waals surface area (Å²) >= 11 is 0. The second kappa shape index (κ2) is 7.72. The number of nitrogens with zero attached hydrogens (tertiary/aromatic N) is 1. The molecule has 8 heteroatoms. The average molecular weight is 313 g/mol. The summed E-state index contributed by atoms with van der Waals surface area (Å²) in [4.78, 5) is 22.3. The predicted octanol–water partition coefficient (Wildman–Crippen LogP) is 1.52. The van der Waals surface area contributed by atoms with Gasteiger partial charge in [0.1, 0.15) is 0 Å². The Morgan fingerprint density at radius 3 is 2.67 bits per heavy atom. The first-order chi connectivity index (χ1) is 9.86. The number of non-ortho nitro benzene ring substituents is 1. The first-order valence-corrected chi connectivity index (χ1v) is 8.05. The normalized spacial score (nSPS) is 13.3. The molecule has 1 aromatic rings. The van der Waals surface area contributed by atoms with E-state index in [0.717, 1.165) is 0 Å². The van der Waals surface area contributed by atoms with Gasteiger partial charge >= 0.3 is 0 Å². The van der Waals surface area contributed by atoms with E-state index in [1.807, 2.05) is 6.92 Å². The molecule has 116 valence electrons. The first-order valence-electron chi connectivity index (χ1n) is 6.43. The van der Waals surface area contributed by atoms with Gasteiger partial charge in [-0.2, -0.15) is 0 Å². The van der Waals surface area contributed by atoms with Crippen molar-refractivity contribution in [3.8, 4) is 0 Å². The van der Waals surface area contributed by atoms with Crippen molar-refractivity contribution in [1.82, 2.24) is 5.32 Å². The number of anilines is 1. The predicted molar refractivity (Wildman–Crippen MR) is 83.1 cm³/mol. The fourth-order valence-corrected chi connectivity index (χ4v) is 2.15. The van der Waals surface area contributed by atoms with Crippen molar-refractivity contribution < 1.29 is 13.9 Å². The van der Waals surface area contributed by atoms with Gasteiger partial charge in [0.05, 0.1) is 10.5 Å². The lowest BCUT2D eigenvalue weighted by Crippen LogP contribution is -2.28. The van der Waals surface area contributed by atoms with Gasteiger partial charge in [0.25, 0.3) is 11.6 Å². The van der Waals surface area contributed by atoms with Crippen LogP contribution in [-0.2, 0) is 10.8 Å². The number of rotatable bonds is 7. The Morgan fingerprint density at radius 2 is 2.14 bits per heavy atom. The van der Waals surface area contributed by atoms with Crippen LogP contribution in [0.1, 0.15) is 23.7 Å². The van der Waals surface area contributed by atoms with E-state index in [4.69, 9.17) is 0 Å². The first kappa shape index (κ1) is 17.1. The zero-order valence-electron chi connectivity index (χ0n) is 12.2. The van der Waals surface area contributed by atoms with Crippen molar-refractivity contribution in [2.24, 2.45) is 0 Å². The standard InChI is InChI=1S/C13H19N3O4S/c1-9(21(3)20)6-7-15-13(17)11-8-10(16(18)19)4-5-12(11)14-2/h4-5,8-9,14H,6-7H2,1-3H3,(H,15,17). The van der Waals surface area contributed by atoms with Gasteiger partial charge in [-0.1, -0.05) is 6.92 Å². The number of nitrogens with one attached hydrogen (secondary N) is 2. The number of nitro benzene ring substituents is 1. The number of hydrogen-bond donors (Lipinski definition) is 2. The molecule has 0 spiro atoms. The average Bonchev–Trinajstić information content (AvgIpc) is 2.45. The number of carbonyl (C=O) groups excluding carboxylic acids is 1. The Balaban J connectivity index is 2.78. The summed E-state index contributed by atoms with van der Waals surface area (Å²) in [6, 6.07) is 4.07. The van der Waals surface area contributed by atoms with Crippen LogP contribution in [-0.4, -0.2) is 40.1 Å². The molecular weight excluding hydrogens is 294 g/mol. The van der Waals surface area contributed by atoms with Crippen molar-refractivity contribution >= 4 is 28.1 Å². The monoisotopic (exact) mass is 313 g/mol. The summed E-state index contributed by atoms with van der Waals surface area (Å²) in [5, 5.41) is 16.3. The molecule has 0 aromatic heterocycles. The third-order valence-corrected chi connectivity index (χ3v) is 4.50. The second-order valence-corrected chi connectivity index (χ2v) is 6.39. The van der Waals surface area contributed by atoms with Crippen molar-refractivity contribution in [2.45, 2.75) is 18.6 Å². The maximum atomic E-state index is 12.1. The Kier molecular flexibility index (Phi) is 6.29. The molecule has 7 nitrogen and oxygen atoms in total. The molecule has 0 aliphatic heterocycles. The van der Waals surface area contributed by atoms with Gasteiger partial charge in [-0.05, 0) is 12.5 Å². The Hall–Kier alpha value is -1.96. The maximum absolute atomic E-state index is 12.1. The minimum atomic E-state index is -0.938. The maximum Gasteiger partial charge on any atom is 0.270 e. The van der Waals surface area contributed by atoms with Crippen molar-refractivity contribution in [2.75, 3.05) is 25.2 Å². The summed E-state index contributed by atoms with van der Waals surface area (Å²) in [7, 11) is 0.701. The van der Waals surface area contributed by atoms with Crippen molar-refractivity contribution in [1.29, 1.82) is 0 Å². The van der Waals surface area contributed by atoms with E-state index in [0.29, 0.717) is 18.7 Å². The van der Waals surface area contributed by atoms with Crippen LogP contribution >= 0.6 is 0 Å². The fourth-order valence-electron chi connectivity index (χ4n) is 1.70. The number of benzene rings is 1. The SMILES string of the molecule is CNc1ccc([N+](=O)[O-])cc1C(=O)NCCC(C)S(C)=O. The topological polar surface area (TPSA) is 101 Å². The van der Waals surface area contributed by atoms with Gasteiger partial charge in [-0.15, -0.1) is 0 Å². The third-order valence-electron chi connectivity index (χ3n) is 3.13. The van der Waals surface area contributed by atoms with E-state index in [2.05, 4.69) is 10.6 Å². The molecule has 0 aliphatic rings. The molecule has 2 N–H and O–H groups in total. The molecule has 1 rings (SSSR count). The Morgan fingerprint density at radius 1 is 1.48 bits per heavy atom. The van der Waals surface area contributed by atoms with Crippen LogP contribution in [0.25, 0.3) is 0 Å². The highest BCUT2D eigenvalue weighted by Crippen LogP contribution is 2.21. The van der Waals surface area contributed by atoms with E-state index in [1.165, 1.54) is 18.2 Å². The smallest absolute Gasteiger partial charge is 0.270 e. The summed E-state index contributed by atoms with van der Waals surface area (Å²) in [5.41, 5.74) is 0.601. The summed E-state index contributed by atoms with van der Waals surface area (Å²) in [6.07, 6.45) is 2.20. The molecule has 0 saturated heterocycles. The van der Waals surface area contributed by atoms with E-state index >= 15 is 0 Å². The van der Waals surface area contributed by atoms with Gasteiger partial charge in [0.15, 0.2) is 0 Å². The lowest BCUT2D eigenvalue weighted by atomic mass is 10.1. The molecule has 0 bridgehead atoms. The number of amides is 1. The lowest BCUT2D eigenvalue weighted by Gasteiger charge is -2.11. The van der Waals surface area contributed by atoms with Crippen LogP contribution in [0.15, 0.2) is 18.2 Å². The molecule has 1 amide bonds. The largest absolute Gasteiger partial charge is 0.387 e. The Bertz CT molecular complexity index is 562. The highest BCUT2D eigenvalue weighted by Gasteiger charge is 2.16. The summed E-state index contributed by atoms with van der Waals surface area (Å²) in [5.74, 6) is -0.392. The summed E-state index contributed by atoms with van der Waals surface area (Å²) in [6.45, 7) is 2.21. The zero-order chi connectivity index (χ0) is 16.0. The molecule has 0 aliphatic carbocycles. The second-order valence-electron chi connectivity index (χ2n) is 4.59. The van der Waals surface area contributed by atoms with Crippen LogP contribution in [0, 0.1) is 10.1 Å². The fraction of sp³-hybridized carbons (Fsp3) is 0.462. The quantitative estimate of drug-likeness (QED) is 0.587. The molecule has 0 saturated carbocycles. The van der Waals surface area contributed by atoms with Gasteiger partial charge in [0, 0.05) is 53.7 Å². The molecule has 0 fully saturated rings. The van der Waals surface area contributed by atoms with Gasteiger partial charge in [0.2, 0.25) is 0 Å². The van der Waals surface area contributed by atoms with Gasteiger partial charge in [-0.3, -0.25) is 19.1 Å². The number of hydrogen-bond acceptors (Lipinski definition) is 5. The molecular formula is C13H19N3O4S. The van der Waals surface area contributed by atoms with E-state index in [-0.39, 0.29) is 16.5 Å². The summed E-state index contributed by atoms with van der Waals surface area (Å²) < 4.78 is 11.2. The van der Waals surface area contributed by atoms with Crippen LogP contribution in [0.5, 0.6) is 0 Å².